The molecule has 0 spiro atoms. The van der Waals surface area contributed by atoms with E-state index in [4.69, 9.17) is 0 Å². The van der Waals surface area contributed by atoms with E-state index in [1.807, 2.05) is 13.8 Å². The van der Waals surface area contributed by atoms with Crippen LogP contribution in [0.1, 0.15) is 48.0 Å². The van der Waals surface area contributed by atoms with Gasteiger partial charge in [0.15, 0.2) is 0 Å². The normalized spacial score (nSPS) is 9.90. The summed E-state index contributed by atoms with van der Waals surface area (Å²) in [5, 5.41) is 0. The molecule has 20 heteroatoms. The van der Waals surface area contributed by atoms with Crippen molar-refractivity contribution < 1.29 is 83.1 Å². The highest BCUT2D eigenvalue weighted by atomic mass is 32.2. The van der Waals surface area contributed by atoms with Crippen LogP contribution in [0.3, 0.4) is 0 Å². The van der Waals surface area contributed by atoms with Crippen molar-refractivity contribution in [3.05, 3.63) is 0 Å². The van der Waals surface area contributed by atoms with Gasteiger partial charge in [-0.25, -0.2) is 16.8 Å². The fraction of sp³-hybridized carbons (Fsp3) is 0.684. The maximum atomic E-state index is 10.9. The predicted molar refractivity (Wildman–Crippen MR) is 124 cm³/mol. The maximum absolute atomic E-state index is 10.9. The lowest BCUT2D eigenvalue weighted by molar-refractivity contribution is -0.170. The van der Waals surface area contributed by atoms with Crippen LogP contribution in [0.4, 0.5) is 0 Å². The van der Waals surface area contributed by atoms with Gasteiger partial charge in [0.2, 0.25) is 13.6 Å². The number of carbonyl (C=O) groups excluding carboxylic acids is 6. The number of carbonyl (C=O) groups is 6. The minimum Gasteiger partial charge on any atom is -0.748 e. The van der Waals surface area contributed by atoms with Crippen LogP contribution in [0.25, 0.3) is 0 Å². The quantitative estimate of drug-likeness (QED) is 0.0725. The highest BCUT2D eigenvalue weighted by molar-refractivity contribution is 7.86. The summed E-state index contributed by atoms with van der Waals surface area (Å²) in [6.45, 7) is 5.53. The summed E-state index contributed by atoms with van der Waals surface area (Å²) >= 11 is 0. The van der Waals surface area contributed by atoms with Crippen LogP contribution in [-0.2, 0) is 77.4 Å². The van der Waals surface area contributed by atoms with Gasteiger partial charge in [0.25, 0.3) is 0 Å². The summed E-state index contributed by atoms with van der Waals surface area (Å²) in [5.74, 6) is -9.06. The van der Waals surface area contributed by atoms with Crippen LogP contribution in [0.2, 0.25) is 0 Å². The van der Waals surface area contributed by atoms with E-state index in [0.29, 0.717) is 0 Å². The Morgan fingerprint density at radius 3 is 0.974 bits per heavy atom. The molecule has 0 aliphatic carbocycles. The van der Waals surface area contributed by atoms with E-state index in [1.165, 1.54) is 0 Å². The first-order chi connectivity index (χ1) is 17.5. The van der Waals surface area contributed by atoms with Crippen LogP contribution in [-0.4, -0.2) is 100 Å². The molecule has 0 amide bonds. The lowest BCUT2D eigenvalue weighted by Crippen LogP contribution is -2.21. The summed E-state index contributed by atoms with van der Waals surface area (Å²) in [7, 11) is -9.48. The first-order valence-electron chi connectivity index (χ1n) is 10.3. The maximum Gasteiger partial charge on any atom is 0.322 e. The number of rotatable bonds is 14. The third-order valence-corrected chi connectivity index (χ3v) is 3.84. The molecule has 0 radical (unpaired) electrons. The van der Waals surface area contributed by atoms with Crippen molar-refractivity contribution in [1.29, 1.82) is 0 Å². The zero-order valence-corrected chi connectivity index (χ0v) is 22.5. The first kappa shape index (κ1) is 42.7. The molecule has 0 aromatic carbocycles. The van der Waals surface area contributed by atoms with Crippen molar-refractivity contribution in [2.75, 3.05) is 38.3 Å². The van der Waals surface area contributed by atoms with Crippen molar-refractivity contribution in [3.8, 4) is 0 Å². The van der Waals surface area contributed by atoms with Gasteiger partial charge in [0, 0.05) is 0 Å². The Kier molecular flexibility index (Phi) is 26.0. The molecule has 0 N–H and O–H groups in total. The number of ether oxygens (including phenoxy) is 6. The molecular weight excluding hydrogens is 580 g/mol. The minimum absolute atomic E-state index is 0. The Hall–Kier alpha value is -3.36. The third kappa shape index (κ3) is 34.6. The second kappa shape index (κ2) is 23.7. The van der Waals surface area contributed by atoms with Gasteiger partial charge in [-0.05, 0) is 13.8 Å². The lowest BCUT2D eigenvalue weighted by atomic mass is 10.4. The van der Waals surface area contributed by atoms with E-state index in [0.717, 1.165) is 0 Å². The molecule has 0 aliphatic rings. The number of hydrogen-bond donors (Lipinski definition) is 0. The van der Waals surface area contributed by atoms with Crippen molar-refractivity contribution in [1.82, 2.24) is 0 Å². The largest absolute Gasteiger partial charge is 0.748 e. The molecule has 0 heterocycles. The minimum atomic E-state index is -4.74. The van der Waals surface area contributed by atoms with Gasteiger partial charge >= 0.3 is 35.8 Å². The average Bonchev–Trinajstić information content (AvgIpc) is 2.73. The molecule has 0 atom stereocenters. The van der Waals surface area contributed by atoms with E-state index < -0.39 is 94.0 Å². The average molecular weight is 613 g/mol. The standard InChI is InChI=1S/2C8H12O9S.C2H6.CH4/c2*1-2-15-6(9)3-7(10)16-5-17-8(11)4-18(12,13)14;1-2;/h2*2-5H2,1H3,(H,12,13,14);1-2H3;1H4/p-2. The summed E-state index contributed by atoms with van der Waals surface area (Å²) in [6, 6.07) is 0. The second-order valence-electron chi connectivity index (χ2n) is 5.67. The van der Waals surface area contributed by atoms with Gasteiger partial charge in [-0.1, -0.05) is 21.3 Å². The summed E-state index contributed by atoms with van der Waals surface area (Å²) < 4.78 is 86.4. The summed E-state index contributed by atoms with van der Waals surface area (Å²) in [6.07, 6.45) is -1.32. The molecule has 0 aliphatic heterocycles. The number of hydrogen-bond acceptors (Lipinski definition) is 18. The highest BCUT2D eigenvalue weighted by Crippen LogP contribution is 1.94. The van der Waals surface area contributed by atoms with Gasteiger partial charge in [-0.3, -0.25) is 28.8 Å². The van der Waals surface area contributed by atoms with Crippen LogP contribution in [0, 0.1) is 0 Å². The molecule has 0 saturated heterocycles. The van der Waals surface area contributed by atoms with E-state index >= 15 is 0 Å². The fourth-order valence-electron chi connectivity index (χ4n) is 1.46. The molecule has 0 aromatic rings. The predicted octanol–water partition coefficient (Wildman–Crippen LogP) is -1.28. The Morgan fingerprint density at radius 2 is 0.744 bits per heavy atom. The van der Waals surface area contributed by atoms with Crippen molar-refractivity contribution in [3.63, 3.8) is 0 Å². The Labute approximate surface area is 225 Å². The Morgan fingerprint density at radius 1 is 0.513 bits per heavy atom. The molecule has 18 nitrogen and oxygen atoms in total. The molecule has 0 unspecified atom stereocenters. The van der Waals surface area contributed by atoms with E-state index in [-0.39, 0.29) is 20.6 Å². The van der Waals surface area contributed by atoms with E-state index in [9.17, 15) is 54.7 Å². The van der Waals surface area contributed by atoms with Gasteiger partial charge in [0.05, 0.1) is 13.2 Å². The van der Waals surface area contributed by atoms with Gasteiger partial charge in [-0.2, -0.15) is 0 Å². The fourth-order valence-corrected chi connectivity index (χ4v) is 2.20. The summed E-state index contributed by atoms with van der Waals surface area (Å²) in [5.41, 5.74) is 0. The number of esters is 6. The smallest absolute Gasteiger partial charge is 0.322 e. The van der Waals surface area contributed by atoms with Crippen LogP contribution in [0.15, 0.2) is 0 Å². The topological polar surface area (TPSA) is 272 Å². The molecule has 0 rings (SSSR count). The van der Waals surface area contributed by atoms with Crippen molar-refractivity contribution in [2.45, 2.75) is 48.0 Å². The first-order valence-corrected chi connectivity index (χ1v) is 13.4. The van der Waals surface area contributed by atoms with Gasteiger partial charge in [-0.15, -0.1) is 0 Å². The van der Waals surface area contributed by atoms with Gasteiger partial charge in [0.1, 0.15) is 44.6 Å². The third-order valence-electron chi connectivity index (χ3n) is 2.66. The van der Waals surface area contributed by atoms with Crippen molar-refractivity contribution >= 4 is 56.1 Å². The zero-order valence-electron chi connectivity index (χ0n) is 20.8. The monoisotopic (exact) mass is 612 g/mol. The Balaban J connectivity index is -0.000000288. The van der Waals surface area contributed by atoms with Crippen LogP contribution < -0.4 is 0 Å². The lowest BCUT2D eigenvalue weighted by Gasteiger charge is -2.08. The summed E-state index contributed by atoms with van der Waals surface area (Å²) in [4.78, 5) is 64.7. The zero-order chi connectivity index (χ0) is 30.4. The van der Waals surface area contributed by atoms with E-state index in [2.05, 4.69) is 28.4 Å². The molecule has 0 bridgehead atoms. The highest BCUT2D eigenvalue weighted by Gasteiger charge is 2.14. The molecular formula is C19H32O18S2-2. The SMILES string of the molecule is C.CC.CCOC(=O)CC(=O)OCOC(=O)CS(=O)(=O)[O-].CCOC(=O)CC(=O)OCOC(=O)CS(=O)(=O)[O-]. The molecule has 39 heavy (non-hydrogen) atoms. The molecule has 0 fully saturated rings. The van der Waals surface area contributed by atoms with E-state index in [1.54, 1.807) is 13.8 Å². The van der Waals surface area contributed by atoms with Crippen LogP contribution >= 0.6 is 0 Å². The van der Waals surface area contributed by atoms with Gasteiger partial charge < -0.3 is 37.5 Å². The second-order valence-corrected chi connectivity index (χ2v) is 8.48. The molecule has 230 valence electrons. The molecule has 0 aromatic heterocycles. The Bertz CT molecular complexity index is 904. The van der Waals surface area contributed by atoms with Crippen LogP contribution in [0.5, 0.6) is 0 Å². The molecule has 0 saturated carbocycles. The van der Waals surface area contributed by atoms with Crippen molar-refractivity contribution in [2.24, 2.45) is 0 Å².